The number of carbonyl (C=O) groups is 3. The second-order valence-electron chi connectivity index (χ2n) is 13.8. The van der Waals surface area contributed by atoms with Crippen molar-refractivity contribution in [1.29, 1.82) is 0 Å². The van der Waals surface area contributed by atoms with Crippen LogP contribution in [0.1, 0.15) is 47.0 Å². The van der Waals surface area contributed by atoms with E-state index in [1.165, 1.54) is 0 Å². The second kappa shape index (κ2) is 15.4. The number of morpholine rings is 1. The van der Waals surface area contributed by atoms with Gasteiger partial charge in [-0.3, -0.25) is 19.3 Å². The summed E-state index contributed by atoms with van der Waals surface area (Å²) in [6.45, 7) is 21.0. The topological polar surface area (TPSA) is 103 Å². The van der Waals surface area contributed by atoms with E-state index < -0.39 is 33.4 Å². The van der Waals surface area contributed by atoms with Crippen LogP contribution in [0.15, 0.2) is 49.6 Å². The Balaban J connectivity index is 1.54. The normalized spacial score (nSPS) is 29.3. The summed E-state index contributed by atoms with van der Waals surface area (Å²) in [5.41, 5.74) is 0.705. The third-order valence-corrected chi connectivity index (χ3v) is 13.0. The first-order chi connectivity index (χ1) is 23.1. The number of rotatable bonds is 16. The lowest BCUT2D eigenvalue weighted by Crippen LogP contribution is -2.59. The number of likely N-dealkylation sites (tertiary alicyclic amines) is 1. The summed E-state index contributed by atoms with van der Waals surface area (Å²) in [5, 5.41) is 10.8. The molecule has 4 fully saturated rings. The molecule has 10 nitrogen and oxygen atoms in total. The van der Waals surface area contributed by atoms with Crippen molar-refractivity contribution < 1.29 is 29.0 Å². The molecular formula is C37H54N4O6S. The number of aliphatic hydroxyl groups excluding tert-OH is 1. The van der Waals surface area contributed by atoms with Crippen LogP contribution in [0.25, 0.3) is 0 Å². The van der Waals surface area contributed by atoms with Crippen LogP contribution in [0.2, 0.25) is 0 Å². The maximum Gasteiger partial charge on any atom is 0.247 e. The molecule has 1 spiro atoms. The van der Waals surface area contributed by atoms with Crippen LogP contribution < -0.4 is 9.64 Å². The summed E-state index contributed by atoms with van der Waals surface area (Å²) in [4.78, 5) is 52.3. The van der Waals surface area contributed by atoms with E-state index in [2.05, 4.69) is 25.0 Å². The van der Waals surface area contributed by atoms with Crippen LogP contribution in [-0.4, -0.2) is 125 Å². The van der Waals surface area contributed by atoms with Gasteiger partial charge in [-0.2, -0.15) is 0 Å². The highest BCUT2D eigenvalue weighted by Crippen LogP contribution is 2.72. The van der Waals surface area contributed by atoms with Crippen LogP contribution in [-0.2, 0) is 19.1 Å². The van der Waals surface area contributed by atoms with Gasteiger partial charge in [0.25, 0.3) is 0 Å². The van der Waals surface area contributed by atoms with Gasteiger partial charge in [0.2, 0.25) is 17.7 Å². The molecule has 0 aromatic heterocycles. The van der Waals surface area contributed by atoms with Gasteiger partial charge in [0.1, 0.15) is 11.8 Å². The lowest BCUT2D eigenvalue weighted by Gasteiger charge is -2.41. The van der Waals surface area contributed by atoms with E-state index >= 15 is 0 Å². The molecule has 1 aromatic carbocycles. The Hall–Kier alpha value is -2.86. The molecular weight excluding hydrogens is 628 g/mol. The quantitative estimate of drug-likeness (QED) is 0.263. The first kappa shape index (κ1) is 36.4. The summed E-state index contributed by atoms with van der Waals surface area (Å²) in [6.07, 6.45) is 5.54. The Labute approximate surface area is 290 Å². The van der Waals surface area contributed by atoms with Crippen molar-refractivity contribution in [3.63, 3.8) is 0 Å². The first-order valence-corrected chi connectivity index (χ1v) is 18.4. The monoisotopic (exact) mass is 682 g/mol. The van der Waals surface area contributed by atoms with Crippen molar-refractivity contribution >= 4 is 35.2 Å². The minimum absolute atomic E-state index is 0.0428. The summed E-state index contributed by atoms with van der Waals surface area (Å²) in [5.74, 6) is -1.12. The van der Waals surface area contributed by atoms with Crippen molar-refractivity contribution in [2.24, 2.45) is 17.8 Å². The summed E-state index contributed by atoms with van der Waals surface area (Å²) in [7, 11) is 0. The lowest BCUT2D eigenvalue weighted by molar-refractivity contribution is -0.147. The molecule has 4 saturated heterocycles. The van der Waals surface area contributed by atoms with Gasteiger partial charge in [0.15, 0.2) is 0 Å². The molecule has 7 atom stereocenters. The Kier molecular flexibility index (Phi) is 11.7. The average molecular weight is 683 g/mol. The average Bonchev–Trinajstić information content (AvgIpc) is 3.67. The Morgan fingerprint density at radius 1 is 1.12 bits per heavy atom. The smallest absolute Gasteiger partial charge is 0.247 e. The molecule has 0 radical (unpaired) electrons. The number of hydrogen-bond acceptors (Lipinski definition) is 8. The van der Waals surface area contributed by atoms with Gasteiger partial charge in [0, 0.05) is 49.7 Å². The molecule has 1 N–H and O–H groups in total. The minimum Gasteiger partial charge on any atom is -0.494 e. The van der Waals surface area contributed by atoms with Gasteiger partial charge in [-0.15, -0.1) is 24.9 Å². The van der Waals surface area contributed by atoms with Crippen LogP contribution in [0.5, 0.6) is 5.75 Å². The number of hydrogen-bond donors (Lipinski definition) is 1. The summed E-state index contributed by atoms with van der Waals surface area (Å²) < 4.78 is 9.83. The number of benzene rings is 1. The molecule has 2 bridgehead atoms. The maximum absolute atomic E-state index is 15.0. The van der Waals surface area contributed by atoms with Gasteiger partial charge in [-0.25, -0.2) is 0 Å². The van der Waals surface area contributed by atoms with Crippen LogP contribution in [0.4, 0.5) is 5.69 Å². The highest BCUT2D eigenvalue weighted by molar-refractivity contribution is 8.02. The molecule has 0 aliphatic carbocycles. The number of amides is 3. The number of carbonyl (C=O) groups excluding carboxylic acids is 3. The predicted octanol–water partition coefficient (Wildman–Crippen LogP) is 3.84. The fourth-order valence-electron chi connectivity index (χ4n) is 8.41. The van der Waals surface area contributed by atoms with E-state index in [0.29, 0.717) is 58.0 Å². The Bertz CT molecular complexity index is 1340. The van der Waals surface area contributed by atoms with E-state index in [9.17, 15) is 19.5 Å². The molecule has 264 valence electrons. The molecule has 4 aliphatic rings. The van der Waals surface area contributed by atoms with E-state index in [-0.39, 0.29) is 36.8 Å². The zero-order valence-electron chi connectivity index (χ0n) is 29.1. The molecule has 48 heavy (non-hydrogen) atoms. The van der Waals surface area contributed by atoms with Gasteiger partial charge >= 0.3 is 0 Å². The van der Waals surface area contributed by atoms with Crippen molar-refractivity contribution in [2.45, 2.75) is 68.5 Å². The molecule has 0 saturated carbocycles. The number of anilines is 1. The number of thioether (sulfide) groups is 1. The fourth-order valence-corrected chi connectivity index (χ4v) is 10.7. The SMILES string of the molecule is C=CCN(CCN1CCOCC1)C(=O)C1N([C@@H](CO)[C@@H](C)CC)C(=O)[C@@H]2[C@H](C(=O)N(CC=C)c3ccc(OCC)cc3)[C@]3(C)CCC12S3. The van der Waals surface area contributed by atoms with E-state index in [0.717, 1.165) is 25.3 Å². The van der Waals surface area contributed by atoms with E-state index in [4.69, 9.17) is 9.47 Å². The molecule has 11 heteroatoms. The second-order valence-corrected chi connectivity index (χ2v) is 15.7. The Morgan fingerprint density at radius 2 is 1.81 bits per heavy atom. The van der Waals surface area contributed by atoms with Crippen molar-refractivity contribution in [2.75, 3.05) is 70.6 Å². The zero-order chi connectivity index (χ0) is 34.6. The lowest BCUT2D eigenvalue weighted by atomic mass is 9.66. The van der Waals surface area contributed by atoms with Gasteiger partial charge in [-0.1, -0.05) is 32.4 Å². The molecule has 4 aliphatic heterocycles. The Morgan fingerprint density at radius 3 is 2.42 bits per heavy atom. The highest BCUT2D eigenvalue weighted by Gasteiger charge is 2.78. The third kappa shape index (κ3) is 6.55. The van der Waals surface area contributed by atoms with Crippen molar-refractivity contribution in [1.82, 2.24) is 14.7 Å². The number of nitrogens with zero attached hydrogens (tertiary/aromatic N) is 4. The first-order valence-electron chi connectivity index (χ1n) is 17.6. The number of ether oxygens (including phenoxy) is 2. The van der Waals surface area contributed by atoms with Gasteiger partial charge in [-0.05, 0) is 56.9 Å². The third-order valence-electron chi connectivity index (χ3n) is 11.0. The molecule has 5 rings (SSSR count). The zero-order valence-corrected chi connectivity index (χ0v) is 30.0. The molecule has 1 aromatic rings. The number of aliphatic hydroxyl groups is 1. The van der Waals surface area contributed by atoms with Crippen LogP contribution >= 0.6 is 11.8 Å². The molecule has 2 unspecified atom stereocenters. The summed E-state index contributed by atoms with van der Waals surface area (Å²) in [6, 6.07) is 6.09. The number of fused-ring (bicyclic) bond motifs is 1. The van der Waals surface area contributed by atoms with Crippen LogP contribution in [0, 0.1) is 17.8 Å². The maximum atomic E-state index is 15.0. The predicted molar refractivity (Wildman–Crippen MR) is 190 cm³/mol. The van der Waals surface area contributed by atoms with Gasteiger partial charge < -0.3 is 29.3 Å². The molecule has 4 heterocycles. The standard InChI is InChI=1S/C37H54N4O6S/c1-7-17-39(20-19-38-21-23-46-24-22-38)35(45)32-37-16-15-36(6,48-37)30(31(37)34(44)41(32)29(25-42)26(5)9-3)33(43)40(18-8-2)27-11-13-28(14-12-27)47-10-4/h7-8,11-14,26,29-32,42H,1-2,9-10,15-25H2,3-6H3/t26-,29-,30+,31-,32?,36-,37?/m0/s1. The largest absolute Gasteiger partial charge is 0.494 e. The van der Waals surface area contributed by atoms with Crippen molar-refractivity contribution in [3.8, 4) is 5.75 Å². The van der Waals surface area contributed by atoms with Gasteiger partial charge in [0.05, 0.1) is 49.1 Å². The van der Waals surface area contributed by atoms with Crippen molar-refractivity contribution in [3.05, 3.63) is 49.6 Å². The fraction of sp³-hybridized carbons (Fsp3) is 0.649. The highest BCUT2D eigenvalue weighted by atomic mass is 32.2. The van der Waals surface area contributed by atoms with E-state index in [1.54, 1.807) is 33.7 Å². The summed E-state index contributed by atoms with van der Waals surface area (Å²) >= 11 is 1.66. The van der Waals surface area contributed by atoms with Crippen LogP contribution in [0.3, 0.4) is 0 Å². The minimum atomic E-state index is -0.797. The molecule has 3 amide bonds. The van der Waals surface area contributed by atoms with E-state index in [1.807, 2.05) is 49.9 Å².